The zero-order chi connectivity index (χ0) is 26.7. The highest BCUT2D eigenvalue weighted by Gasteiger charge is 2.31. The second-order valence-corrected chi connectivity index (χ2v) is 12.0. The van der Waals surface area contributed by atoms with Gasteiger partial charge in [-0.3, -0.25) is 9.35 Å². The first-order valence-electron chi connectivity index (χ1n) is 11.6. The summed E-state index contributed by atoms with van der Waals surface area (Å²) in [6.07, 6.45) is 4.30. The number of benzene rings is 2. The van der Waals surface area contributed by atoms with E-state index in [0.717, 1.165) is 26.9 Å². The number of rotatable bonds is 10. The van der Waals surface area contributed by atoms with E-state index in [4.69, 9.17) is 32.5 Å². The van der Waals surface area contributed by atoms with Crippen molar-refractivity contribution < 1.29 is 27.6 Å². The Morgan fingerprint density at radius 1 is 1.14 bits per heavy atom. The number of allylic oxidation sites excluding steroid dienone is 2. The second kappa shape index (κ2) is 11.6. The van der Waals surface area contributed by atoms with Crippen LogP contribution >= 0.6 is 35.0 Å². The monoisotopic (exact) mass is 584 g/mol. The first-order valence-corrected chi connectivity index (χ1v) is 14.8. The third-order valence-electron chi connectivity index (χ3n) is 5.90. The summed E-state index contributed by atoms with van der Waals surface area (Å²) >= 11 is 14.0. The summed E-state index contributed by atoms with van der Waals surface area (Å²) in [6.45, 7) is 2.63. The molecule has 0 saturated heterocycles. The van der Waals surface area contributed by atoms with Crippen molar-refractivity contribution in [2.75, 3.05) is 28.6 Å². The van der Waals surface area contributed by atoms with Crippen molar-refractivity contribution in [3.8, 4) is 5.75 Å². The summed E-state index contributed by atoms with van der Waals surface area (Å²) in [6, 6.07) is 10.8. The molecular formula is C25H26Cl2N2O6S2. The van der Waals surface area contributed by atoms with Crippen molar-refractivity contribution in [3.63, 3.8) is 0 Å². The number of anilines is 2. The van der Waals surface area contributed by atoms with Crippen LogP contribution in [0.4, 0.5) is 11.4 Å². The maximum atomic E-state index is 11.3. The fourth-order valence-corrected chi connectivity index (χ4v) is 6.14. The Morgan fingerprint density at radius 2 is 1.84 bits per heavy atom. The summed E-state index contributed by atoms with van der Waals surface area (Å²) in [5.41, 5.74) is 2.56. The molecule has 0 amide bonds. The van der Waals surface area contributed by atoms with Crippen LogP contribution in [0, 0.1) is 0 Å². The highest BCUT2D eigenvalue weighted by molar-refractivity contribution is 8.03. The van der Waals surface area contributed by atoms with Gasteiger partial charge < -0.3 is 19.6 Å². The molecule has 0 fully saturated rings. The number of hydrogen-bond donors (Lipinski definition) is 2. The minimum absolute atomic E-state index is 0.0294. The van der Waals surface area contributed by atoms with E-state index in [1.54, 1.807) is 30.0 Å². The molecule has 0 aromatic heterocycles. The van der Waals surface area contributed by atoms with Crippen molar-refractivity contribution in [1.29, 1.82) is 0 Å². The predicted octanol–water partition coefficient (Wildman–Crippen LogP) is 6.06. The molecule has 0 aliphatic carbocycles. The number of hydrogen-bond acceptors (Lipinski definition) is 7. The summed E-state index contributed by atoms with van der Waals surface area (Å²) in [4.78, 5) is 16.2. The Morgan fingerprint density at radius 3 is 2.51 bits per heavy atom. The van der Waals surface area contributed by atoms with Crippen LogP contribution in [0.15, 0.2) is 64.0 Å². The molecule has 0 saturated carbocycles. The van der Waals surface area contributed by atoms with E-state index < -0.39 is 22.3 Å². The molecule has 8 nitrogen and oxygen atoms in total. The van der Waals surface area contributed by atoms with E-state index in [-0.39, 0.29) is 18.6 Å². The summed E-state index contributed by atoms with van der Waals surface area (Å²) in [5, 5.41) is 11.2. The van der Waals surface area contributed by atoms with Gasteiger partial charge in [0, 0.05) is 28.0 Å². The van der Waals surface area contributed by atoms with Gasteiger partial charge in [-0.05, 0) is 67.0 Å². The van der Waals surface area contributed by atoms with Crippen molar-refractivity contribution in [2.45, 2.75) is 37.3 Å². The standard InChI is InChI=1S/C25H26Cl2N2O6S2/c1-2-16(13-24-29(10-8-25(30)31)20-15-18(27)5-7-22(20)36-24)12-23-28(9-3-11-37(32,33)34)19-14-17(26)4-6-21(19)35-23/h4-7,12-15,23H,2-3,8-11H2,1H3,(H,30,31)(H,32,33,34)/b16-12+,24-13-. The first kappa shape index (κ1) is 27.7. The Kier molecular flexibility index (Phi) is 8.65. The number of thioether (sulfide) groups is 1. The normalized spacial score (nSPS) is 18.2. The fourth-order valence-electron chi connectivity index (χ4n) is 4.16. The smallest absolute Gasteiger partial charge is 0.305 e. The van der Waals surface area contributed by atoms with Gasteiger partial charge in [0.2, 0.25) is 0 Å². The second-order valence-electron chi connectivity index (χ2n) is 8.54. The maximum Gasteiger partial charge on any atom is 0.305 e. The third kappa shape index (κ3) is 6.94. The van der Waals surface area contributed by atoms with E-state index in [9.17, 15) is 18.3 Å². The van der Waals surface area contributed by atoms with E-state index in [2.05, 4.69) is 0 Å². The van der Waals surface area contributed by atoms with Crippen LogP contribution in [0.2, 0.25) is 10.0 Å². The van der Waals surface area contributed by atoms with Gasteiger partial charge in [-0.1, -0.05) is 41.9 Å². The van der Waals surface area contributed by atoms with Gasteiger partial charge in [-0.15, -0.1) is 0 Å². The highest BCUT2D eigenvalue weighted by atomic mass is 35.5. The molecule has 1 atom stereocenters. The Hall–Kier alpha value is -2.37. The minimum Gasteiger partial charge on any atom is -0.481 e. The number of fused-ring (bicyclic) bond motifs is 2. The lowest BCUT2D eigenvalue weighted by molar-refractivity contribution is -0.136. The van der Waals surface area contributed by atoms with Gasteiger partial charge in [0.05, 0.1) is 28.6 Å². The SMILES string of the molecule is CCC(/C=C1\Sc2ccc(Cl)cc2N1CCC(=O)O)=C\C1Oc2ccc(Cl)cc2N1CCCS(=O)(=O)O. The molecule has 0 radical (unpaired) electrons. The molecule has 2 aliphatic heterocycles. The molecule has 2 aromatic rings. The van der Waals surface area contributed by atoms with Crippen LogP contribution in [-0.2, 0) is 14.9 Å². The lowest BCUT2D eigenvalue weighted by Gasteiger charge is -2.24. The number of carboxylic acids is 1. The molecule has 2 aliphatic rings. The number of ether oxygens (including phenoxy) is 1. The minimum atomic E-state index is -4.09. The fraction of sp³-hybridized carbons (Fsp3) is 0.320. The van der Waals surface area contributed by atoms with Gasteiger partial charge in [-0.2, -0.15) is 8.42 Å². The van der Waals surface area contributed by atoms with Gasteiger partial charge in [0.1, 0.15) is 5.75 Å². The van der Waals surface area contributed by atoms with Crippen LogP contribution in [0.3, 0.4) is 0 Å². The number of aliphatic carboxylic acids is 1. The Labute approximate surface area is 230 Å². The average Bonchev–Trinajstić information content (AvgIpc) is 3.33. The molecule has 0 bridgehead atoms. The van der Waals surface area contributed by atoms with E-state index in [1.165, 1.54) is 0 Å². The summed E-state index contributed by atoms with van der Waals surface area (Å²) in [7, 11) is -4.09. The molecular weight excluding hydrogens is 559 g/mol. The van der Waals surface area contributed by atoms with Gasteiger partial charge in [-0.25, -0.2) is 0 Å². The lowest BCUT2D eigenvalue weighted by Crippen LogP contribution is -2.35. The molecule has 1 unspecified atom stereocenters. The Bertz CT molecular complexity index is 1360. The Balaban J connectivity index is 1.63. The maximum absolute atomic E-state index is 11.3. The topological polar surface area (TPSA) is 107 Å². The van der Waals surface area contributed by atoms with E-state index in [1.807, 2.05) is 47.1 Å². The summed E-state index contributed by atoms with van der Waals surface area (Å²) < 4.78 is 37.8. The summed E-state index contributed by atoms with van der Waals surface area (Å²) in [5.74, 6) is -0.625. The zero-order valence-corrected chi connectivity index (χ0v) is 23.1. The zero-order valence-electron chi connectivity index (χ0n) is 19.9. The van der Waals surface area contributed by atoms with Gasteiger partial charge in [0.25, 0.3) is 10.1 Å². The van der Waals surface area contributed by atoms with Crippen LogP contribution in [0.5, 0.6) is 5.75 Å². The first-order chi connectivity index (χ1) is 17.5. The molecule has 4 rings (SSSR count). The highest BCUT2D eigenvalue weighted by Crippen LogP contribution is 2.47. The largest absolute Gasteiger partial charge is 0.481 e. The van der Waals surface area contributed by atoms with E-state index >= 15 is 0 Å². The number of carbonyl (C=O) groups is 1. The van der Waals surface area contributed by atoms with Crippen LogP contribution in [0.1, 0.15) is 26.2 Å². The molecule has 2 heterocycles. The number of nitrogens with zero attached hydrogens (tertiary/aromatic N) is 2. The predicted molar refractivity (Wildman–Crippen MR) is 148 cm³/mol. The van der Waals surface area contributed by atoms with Crippen LogP contribution in [-0.4, -0.2) is 49.1 Å². The van der Waals surface area contributed by atoms with E-state index in [0.29, 0.717) is 35.3 Å². The molecule has 198 valence electrons. The molecule has 2 aromatic carbocycles. The van der Waals surface area contributed by atoms with Crippen molar-refractivity contribution >= 4 is 62.4 Å². The lowest BCUT2D eigenvalue weighted by atomic mass is 10.1. The third-order valence-corrected chi connectivity index (χ3v) is 8.29. The van der Waals surface area contributed by atoms with Crippen molar-refractivity contribution in [1.82, 2.24) is 0 Å². The van der Waals surface area contributed by atoms with Gasteiger partial charge >= 0.3 is 5.97 Å². The molecule has 0 spiro atoms. The van der Waals surface area contributed by atoms with Gasteiger partial charge in [0.15, 0.2) is 6.23 Å². The van der Waals surface area contributed by atoms with Crippen molar-refractivity contribution in [2.24, 2.45) is 0 Å². The number of carboxylic acid groups (broad SMARTS) is 1. The van der Waals surface area contributed by atoms with Crippen LogP contribution < -0.4 is 14.5 Å². The van der Waals surface area contributed by atoms with Crippen molar-refractivity contribution in [3.05, 3.63) is 69.2 Å². The number of halogens is 2. The quantitative estimate of drug-likeness (QED) is 0.322. The molecule has 37 heavy (non-hydrogen) atoms. The van der Waals surface area contributed by atoms with Crippen LogP contribution in [0.25, 0.3) is 0 Å². The molecule has 12 heteroatoms. The molecule has 2 N–H and O–H groups in total. The average molecular weight is 586 g/mol.